The van der Waals surface area contributed by atoms with Gasteiger partial charge in [-0.05, 0) is 48.1 Å². The lowest BCUT2D eigenvalue weighted by Gasteiger charge is -2.12. The molecule has 0 saturated carbocycles. The minimum atomic E-state index is -0.503. The first-order valence-corrected chi connectivity index (χ1v) is 10.6. The average Bonchev–Trinajstić information content (AvgIpc) is 2.64. The summed E-state index contributed by atoms with van der Waals surface area (Å²) < 4.78 is 4.70. The molecule has 2 N–H and O–H groups in total. The minimum absolute atomic E-state index is 0.277. The Morgan fingerprint density at radius 2 is 1.85 bits per heavy atom. The number of rotatable bonds is 7. The molecule has 0 spiro atoms. The molecular weight excluding hydrogens is 447 g/mol. The average molecular weight is 464 g/mol. The van der Waals surface area contributed by atoms with Crippen molar-refractivity contribution >= 4 is 75.6 Å². The van der Waals surface area contributed by atoms with Crippen LogP contribution in [0.25, 0.3) is 0 Å². The molecule has 0 aliphatic rings. The quantitative estimate of drug-likeness (QED) is 0.314. The van der Waals surface area contributed by atoms with Crippen LogP contribution in [0.15, 0.2) is 36.4 Å². The van der Waals surface area contributed by atoms with Crippen LogP contribution in [0, 0.1) is 0 Å². The molecule has 2 rings (SSSR count). The zero-order chi connectivity index (χ0) is 19.8. The van der Waals surface area contributed by atoms with E-state index in [9.17, 15) is 4.79 Å². The van der Waals surface area contributed by atoms with Gasteiger partial charge in [0.1, 0.15) is 0 Å². The van der Waals surface area contributed by atoms with Gasteiger partial charge in [0.25, 0.3) is 0 Å². The van der Waals surface area contributed by atoms with Gasteiger partial charge in [0.05, 0.1) is 17.7 Å². The molecule has 2 aromatic carbocycles. The molecule has 0 aromatic heterocycles. The summed E-state index contributed by atoms with van der Waals surface area (Å²) in [6.07, 6.45) is 0. The number of halogens is 3. The largest absolute Gasteiger partial charge is 0.465 e. The summed E-state index contributed by atoms with van der Waals surface area (Å²) in [5.74, 6) is 1.04. The van der Waals surface area contributed by atoms with E-state index in [1.165, 1.54) is 7.11 Å². The third kappa shape index (κ3) is 6.73. The summed E-state index contributed by atoms with van der Waals surface area (Å²) in [5, 5.41) is 8.24. The Labute approximate surface area is 182 Å². The molecule has 0 unspecified atom stereocenters. The van der Waals surface area contributed by atoms with Gasteiger partial charge < -0.3 is 15.4 Å². The number of hydrogen-bond donors (Lipinski definition) is 2. The van der Waals surface area contributed by atoms with Gasteiger partial charge in [0.2, 0.25) is 0 Å². The zero-order valence-electron chi connectivity index (χ0n) is 14.4. The predicted octanol–water partition coefficient (Wildman–Crippen LogP) is 5.65. The molecular formula is C18H17Cl3N2O2S2. The maximum Gasteiger partial charge on any atom is 0.339 e. The van der Waals surface area contributed by atoms with E-state index in [0.717, 1.165) is 17.1 Å². The summed E-state index contributed by atoms with van der Waals surface area (Å²) in [5.41, 5.74) is 1.86. The van der Waals surface area contributed by atoms with Gasteiger partial charge in [-0.15, -0.1) is 0 Å². The van der Waals surface area contributed by atoms with Crippen LogP contribution in [0.2, 0.25) is 15.1 Å². The Balaban J connectivity index is 1.77. The highest BCUT2D eigenvalue weighted by Gasteiger charge is 2.12. The highest BCUT2D eigenvalue weighted by Crippen LogP contribution is 2.28. The van der Waals surface area contributed by atoms with Crippen LogP contribution in [-0.4, -0.2) is 30.5 Å². The van der Waals surface area contributed by atoms with Gasteiger partial charge in [0, 0.05) is 33.8 Å². The number of benzene rings is 2. The van der Waals surface area contributed by atoms with Gasteiger partial charge >= 0.3 is 5.97 Å². The Hall–Kier alpha value is -1.18. The molecule has 2 aromatic rings. The molecule has 0 aliphatic carbocycles. The van der Waals surface area contributed by atoms with Gasteiger partial charge in [-0.2, -0.15) is 11.8 Å². The van der Waals surface area contributed by atoms with E-state index >= 15 is 0 Å². The molecule has 0 fully saturated rings. The Kier molecular flexibility index (Phi) is 8.99. The SMILES string of the molecule is COC(=O)c1cc(NC(=S)NCCSCc2c(Cl)cccc2Cl)ccc1Cl. The van der Waals surface area contributed by atoms with Crippen LogP contribution in [0.1, 0.15) is 15.9 Å². The van der Waals surface area contributed by atoms with Crippen molar-refractivity contribution in [3.05, 3.63) is 62.6 Å². The monoisotopic (exact) mass is 462 g/mol. The molecule has 0 amide bonds. The van der Waals surface area contributed by atoms with Crippen molar-refractivity contribution in [3.63, 3.8) is 0 Å². The molecule has 27 heavy (non-hydrogen) atoms. The first-order valence-electron chi connectivity index (χ1n) is 7.85. The van der Waals surface area contributed by atoms with E-state index < -0.39 is 5.97 Å². The topological polar surface area (TPSA) is 50.4 Å². The standard InChI is InChI=1S/C18H17Cl3N2O2S2/c1-25-17(24)12-9-11(5-6-16(12)21)23-18(26)22-7-8-27-10-13-14(19)3-2-4-15(13)20/h2-6,9H,7-8,10H2,1H3,(H2,22,23,26). The zero-order valence-corrected chi connectivity index (χ0v) is 18.3. The summed E-state index contributed by atoms with van der Waals surface area (Å²) >= 11 is 25.3. The normalized spacial score (nSPS) is 10.4. The maximum atomic E-state index is 11.7. The van der Waals surface area contributed by atoms with Crippen LogP contribution in [-0.2, 0) is 10.5 Å². The van der Waals surface area contributed by atoms with Crippen molar-refractivity contribution in [1.29, 1.82) is 0 Å². The Morgan fingerprint density at radius 3 is 2.52 bits per heavy atom. The number of thiocarbonyl (C=S) groups is 1. The number of nitrogens with one attached hydrogen (secondary N) is 2. The number of anilines is 1. The Morgan fingerprint density at radius 1 is 1.15 bits per heavy atom. The van der Waals surface area contributed by atoms with Crippen molar-refractivity contribution in [2.45, 2.75) is 5.75 Å². The third-order valence-electron chi connectivity index (χ3n) is 3.47. The highest BCUT2D eigenvalue weighted by atomic mass is 35.5. The van der Waals surface area contributed by atoms with E-state index in [0.29, 0.717) is 32.4 Å². The summed E-state index contributed by atoms with van der Waals surface area (Å²) in [6, 6.07) is 10.4. The minimum Gasteiger partial charge on any atom is -0.465 e. The second-order valence-corrected chi connectivity index (χ2v) is 8.05. The van der Waals surface area contributed by atoms with Gasteiger partial charge in [-0.25, -0.2) is 4.79 Å². The first-order chi connectivity index (χ1) is 12.9. The van der Waals surface area contributed by atoms with Crippen LogP contribution in [0.3, 0.4) is 0 Å². The molecule has 0 radical (unpaired) electrons. The molecule has 0 atom stereocenters. The second kappa shape index (κ2) is 11.0. The number of hydrogen-bond acceptors (Lipinski definition) is 4. The summed E-state index contributed by atoms with van der Waals surface area (Å²) in [6.45, 7) is 0.663. The van der Waals surface area contributed by atoms with Crippen molar-refractivity contribution in [2.24, 2.45) is 0 Å². The van der Waals surface area contributed by atoms with E-state index in [1.807, 2.05) is 18.2 Å². The summed E-state index contributed by atoms with van der Waals surface area (Å²) in [4.78, 5) is 11.7. The molecule has 9 heteroatoms. The highest BCUT2D eigenvalue weighted by molar-refractivity contribution is 7.98. The number of thioether (sulfide) groups is 1. The lowest BCUT2D eigenvalue weighted by atomic mass is 10.2. The van der Waals surface area contributed by atoms with E-state index in [2.05, 4.69) is 10.6 Å². The van der Waals surface area contributed by atoms with Crippen molar-refractivity contribution in [2.75, 3.05) is 24.7 Å². The predicted molar refractivity (Wildman–Crippen MR) is 120 cm³/mol. The van der Waals surface area contributed by atoms with Crippen molar-refractivity contribution in [1.82, 2.24) is 5.32 Å². The smallest absolute Gasteiger partial charge is 0.339 e. The fraction of sp³-hybridized carbons (Fsp3) is 0.222. The van der Waals surface area contributed by atoms with Gasteiger partial charge in [-0.3, -0.25) is 0 Å². The number of ether oxygens (including phenoxy) is 1. The fourth-order valence-corrected chi connectivity index (χ4v) is 4.14. The molecule has 0 bridgehead atoms. The molecule has 0 saturated heterocycles. The molecule has 4 nitrogen and oxygen atoms in total. The van der Waals surface area contributed by atoms with Crippen molar-refractivity contribution < 1.29 is 9.53 Å². The Bertz CT molecular complexity index is 814. The van der Waals surface area contributed by atoms with Gasteiger partial charge in [0.15, 0.2) is 5.11 Å². The van der Waals surface area contributed by atoms with Crippen LogP contribution in [0.5, 0.6) is 0 Å². The second-order valence-electron chi connectivity index (χ2n) is 5.32. The lowest BCUT2D eigenvalue weighted by Crippen LogP contribution is -2.30. The summed E-state index contributed by atoms with van der Waals surface area (Å²) in [7, 11) is 1.30. The third-order valence-corrected chi connectivity index (χ3v) is 5.74. The van der Waals surface area contributed by atoms with Crippen molar-refractivity contribution in [3.8, 4) is 0 Å². The van der Waals surface area contributed by atoms with E-state index in [1.54, 1.807) is 30.0 Å². The van der Waals surface area contributed by atoms with E-state index in [-0.39, 0.29) is 5.56 Å². The number of methoxy groups -OCH3 is 1. The van der Waals surface area contributed by atoms with Gasteiger partial charge in [-0.1, -0.05) is 40.9 Å². The molecule has 0 aliphatic heterocycles. The lowest BCUT2D eigenvalue weighted by molar-refractivity contribution is 0.0601. The maximum absolute atomic E-state index is 11.7. The van der Waals surface area contributed by atoms with Crippen LogP contribution >= 0.6 is 58.8 Å². The fourth-order valence-electron chi connectivity index (χ4n) is 2.13. The van der Waals surface area contributed by atoms with Crippen LogP contribution in [0.4, 0.5) is 5.69 Å². The number of esters is 1. The van der Waals surface area contributed by atoms with Crippen LogP contribution < -0.4 is 10.6 Å². The first kappa shape index (κ1) is 22.1. The van der Waals surface area contributed by atoms with E-state index in [4.69, 9.17) is 51.8 Å². The number of carbonyl (C=O) groups excluding carboxylic acids is 1. The molecule has 0 heterocycles. The number of carbonyl (C=O) groups is 1. The molecule has 144 valence electrons.